The van der Waals surface area contributed by atoms with E-state index in [4.69, 9.17) is 4.74 Å². The van der Waals surface area contributed by atoms with Crippen LogP contribution in [0.1, 0.15) is 32.1 Å². The molecular formula is C13H20N2O3. The van der Waals surface area contributed by atoms with Gasteiger partial charge in [0, 0.05) is 32.2 Å². The first-order chi connectivity index (χ1) is 8.74. The number of amides is 2. The molecule has 0 bridgehead atoms. The summed E-state index contributed by atoms with van der Waals surface area (Å²) in [5.74, 6) is 0.0104. The summed E-state index contributed by atoms with van der Waals surface area (Å²) in [5, 5.41) is 2.92. The molecule has 2 heterocycles. The van der Waals surface area contributed by atoms with Gasteiger partial charge in [0.1, 0.15) is 0 Å². The number of rotatable bonds is 4. The molecule has 2 aliphatic heterocycles. The lowest BCUT2D eigenvalue weighted by Gasteiger charge is -2.16. The Morgan fingerprint density at radius 2 is 2.22 bits per heavy atom. The summed E-state index contributed by atoms with van der Waals surface area (Å²) in [6.45, 7) is 2.01. The van der Waals surface area contributed by atoms with Crippen molar-refractivity contribution in [2.45, 2.75) is 44.2 Å². The van der Waals surface area contributed by atoms with Crippen LogP contribution in [-0.2, 0) is 14.3 Å². The lowest BCUT2D eigenvalue weighted by atomic mass is 10.1. The van der Waals surface area contributed by atoms with E-state index < -0.39 is 0 Å². The van der Waals surface area contributed by atoms with Crippen molar-refractivity contribution >= 4 is 11.8 Å². The third-order valence-electron chi connectivity index (χ3n) is 4.04. The first-order valence-electron chi connectivity index (χ1n) is 6.93. The second-order valence-corrected chi connectivity index (χ2v) is 5.56. The summed E-state index contributed by atoms with van der Waals surface area (Å²) >= 11 is 0. The van der Waals surface area contributed by atoms with Crippen LogP contribution in [0.2, 0.25) is 0 Å². The summed E-state index contributed by atoms with van der Waals surface area (Å²) in [6, 6.07) is 0.425. The summed E-state index contributed by atoms with van der Waals surface area (Å²) in [5.41, 5.74) is 0. The third-order valence-corrected chi connectivity index (χ3v) is 4.04. The van der Waals surface area contributed by atoms with Crippen molar-refractivity contribution in [2.24, 2.45) is 5.92 Å². The van der Waals surface area contributed by atoms with Crippen LogP contribution in [-0.4, -0.2) is 48.6 Å². The molecule has 3 rings (SSSR count). The molecular weight excluding hydrogens is 232 g/mol. The van der Waals surface area contributed by atoms with Gasteiger partial charge < -0.3 is 15.0 Å². The lowest BCUT2D eigenvalue weighted by Crippen LogP contribution is -2.37. The molecule has 18 heavy (non-hydrogen) atoms. The predicted octanol–water partition coefficient (Wildman–Crippen LogP) is 0.292. The van der Waals surface area contributed by atoms with Gasteiger partial charge in [-0.1, -0.05) is 0 Å². The van der Waals surface area contributed by atoms with E-state index in [1.54, 1.807) is 0 Å². The normalized spacial score (nSPS) is 32.0. The van der Waals surface area contributed by atoms with E-state index >= 15 is 0 Å². The number of hydrogen-bond acceptors (Lipinski definition) is 3. The molecule has 1 saturated carbocycles. The minimum Gasteiger partial charge on any atom is -0.376 e. The van der Waals surface area contributed by atoms with Crippen molar-refractivity contribution < 1.29 is 14.3 Å². The highest BCUT2D eigenvalue weighted by Gasteiger charge is 2.41. The van der Waals surface area contributed by atoms with E-state index in [0.717, 1.165) is 32.3 Å². The average molecular weight is 252 g/mol. The number of carbonyl (C=O) groups excluding carboxylic acids is 2. The Kier molecular flexibility index (Phi) is 3.24. The Morgan fingerprint density at radius 3 is 2.89 bits per heavy atom. The average Bonchev–Trinajstić information content (AvgIpc) is 2.92. The molecule has 1 N–H and O–H groups in total. The number of nitrogens with one attached hydrogen (secondary N) is 1. The quantitative estimate of drug-likeness (QED) is 0.782. The Balaban J connectivity index is 1.46. The molecule has 100 valence electrons. The van der Waals surface area contributed by atoms with Crippen LogP contribution < -0.4 is 5.32 Å². The lowest BCUT2D eigenvalue weighted by molar-refractivity contribution is -0.129. The zero-order chi connectivity index (χ0) is 12.5. The van der Waals surface area contributed by atoms with Crippen LogP contribution in [0.15, 0.2) is 0 Å². The highest BCUT2D eigenvalue weighted by molar-refractivity contribution is 5.89. The van der Waals surface area contributed by atoms with Crippen LogP contribution in [0.5, 0.6) is 0 Å². The van der Waals surface area contributed by atoms with Crippen molar-refractivity contribution in [3.63, 3.8) is 0 Å². The van der Waals surface area contributed by atoms with Gasteiger partial charge in [-0.2, -0.15) is 0 Å². The standard InChI is InChI=1S/C13H20N2O3/c16-12-6-9(8-15(12)10-3-4-10)13(17)14-7-11-2-1-5-18-11/h9-11H,1-8H2,(H,14,17). The second-order valence-electron chi connectivity index (χ2n) is 5.56. The van der Waals surface area contributed by atoms with Crippen LogP contribution >= 0.6 is 0 Å². The zero-order valence-electron chi connectivity index (χ0n) is 10.6. The largest absolute Gasteiger partial charge is 0.376 e. The fraction of sp³-hybridized carbons (Fsp3) is 0.846. The molecule has 1 aliphatic carbocycles. The summed E-state index contributed by atoms with van der Waals surface area (Å²) in [7, 11) is 0. The maximum Gasteiger partial charge on any atom is 0.225 e. The second kappa shape index (κ2) is 4.88. The Hall–Kier alpha value is -1.10. The van der Waals surface area contributed by atoms with E-state index in [1.807, 2.05) is 4.90 Å². The van der Waals surface area contributed by atoms with Crippen LogP contribution in [0.3, 0.4) is 0 Å². The third kappa shape index (κ3) is 2.51. The summed E-state index contributed by atoms with van der Waals surface area (Å²) < 4.78 is 5.46. The van der Waals surface area contributed by atoms with Gasteiger partial charge in [0.15, 0.2) is 0 Å². The molecule has 0 spiro atoms. The number of likely N-dealkylation sites (tertiary alicyclic amines) is 1. The van der Waals surface area contributed by atoms with Gasteiger partial charge >= 0.3 is 0 Å². The molecule has 2 amide bonds. The molecule has 5 nitrogen and oxygen atoms in total. The molecule has 3 aliphatic rings. The first kappa shape index (κ1) is 12.0. The SMILES string of the molecule is O=C(NCC1CCCO1)C1CC(=O)N(C2CC2)C1. The molecule has 5 heteroatoms. The molecule has 2 saturated heterocycles. The van der Waals surface area contributed by atoms with E-state index in [2.05, 4.69) is 5.32 Å². The maximum atomic E-state index is 12.0. The van der Waals surface area contributed by atoms with Crippen molar-refractivity contribution in [3.05, 3.63) is 0 Å². The molecule has 3 fully saturated rings. The number of carbonyl (C=O) groups is 2. The van der Waals surface area contributed by atoms with Crippen molar-refractivity contribution in [2.75, 3.05) is 19.7 Å². The number of hydrogen-bond donors (Lipinski definition) is 1. The van der Waals surface area contributed by atoms with Crippen molar-refractivity contribution in [1.29, 1.82) is 0 Å². The zero-order valence-corrected chi connectivity index (χ0v) is 10.6. The maximum absolute atomic E-state index is 12.0. The topological polar surface area (TPSA) is 58.6 Å². The van der Waals surface area contributed by atoms with E-state index in [-0.39, 0.29) is 23.8 Å². The van der Waals surface area contributed by atoms with Gasteiger partial charge in [-0.15, -0.1) is 0 Å². The number of ether oxygens (including phenoxy) is 1. The minimum absolute atomic E-state index is 0.0157. The van der Waals surface area contributed by atoms with Gasteiger partial charge in [0.2, 0.25) is 11.8 Å². The number of nitrogens with zero attached hydrogens (tertiary/aromatic N) is 1. The van der Waals surface area contributed by atoms with Gasteiger partial charge in [0.05, 0.1) is 12.0 Å². The van der Waals surface area contributed by atoms with Gasteiger partial charge in [-0.3, -0.25) is 9.59 Å². The molecule has 0 radical (unpaired) electrons. The Morgan fingerprint density at radius 1 is 1.39 bits per heavy atom. The Bertz CT molecular complexity index is 348. The predicted molar refractivity (Wildman–Crippen MR) is 64.8 cm³/mol. The smallest absolute Gasteiger partial charge is 0.225 e. The fourth-order valence-corrected chi connectivity index (χ4v) is 2.81. The van der Waals surface area contributed by atoms with Gasteiger partial charge in [-0.25, -0.2) is 0 Å². The molecule has 0 aromatic rings. The van der Waals surface area contributed by atoms with Crippen molar-refractivity contribution in [1.82, 2.24) is 10.2 Å². The van der Waals surface area contributed by atoms with E-state index in [0.29, 0.717) is 25.6 Å². The monoisotopic (exact) mass is 252 g/mol. The molecule has 2 unspecified atom stereocenters. The minimum atomic E-state index is -0.153. The summed E-state index contributed by atoms with van der Waals surface area (Å²) in [4.78, 5) is 25.6. The molecule has 2 atom stereocenters. The molecule has 0 aromatic carbocycles. The fourth-order valence-electron chi connectivity index (χ4n) is 2.81. The van der Waals surface area contributed by atoms with Crippen LogP contribution in [0.25, 0.3) is 0 Å². The van der Waals surface area contributed by atoms with Crippen LogP contribution in [0, 0.1) is 5.92 Å². The van der Waals surface area contributed by atoms with Crippen molar-refractivity contribution in [3.8, 4) is 0 Å². The van der Waals surface area contributed by atoms with Gasteiger partial charge in [-0.05, 0) is 25.7 Å². The first-order valence-corrected chi connectivity index (χ1v) is 6.93. The Labute approximate surface area is 107 Å². The summed E-state index contributed by atoms with van der Waals surface area (Å²) in [6.07, 6.45) is 4.88. The van der Waals surface area contributed by atoms with E-state index in [9.17, 15) is 9.59 Å². The van der Waals surface area contributed by atoms with E-state index in [1.165, 1.54) is 0 Å². The highest BCUT2D eigenvalue weighted by Crippen LogP contribution is 2.32. The van der Waals surface area contributed by atoms with Gasteiger partial charge in [0.25, 0.3) is 0 Å². The van der Waals surface area contributed by atoms with Crippen LogP contribution in [0.4, 0.5) is 0 Å². The highest BCUT2D eigenvalue weighted by atomic mass is 16.5. The molecule has 0 aromatic heterocycles.